The van der Waals surface area contributed by atoms with Gasteiger partial charge in [-0.3, -0.25) is 4.79 Å². The van der Waals surface area contributed by atoms with Crippen LogP contribution in [0.3, 0.4) is 0 Å². The molecule has 0 unspecified atom stereocenters. The standard InChI is InChI=1S/C20H19N5O3/c1-11(2)15-9-14(17-12(3)25-28-20(17)22-15)18(26)21-10-16-23-24-19(27-16)13-7-5-4-6-8-13/h4-9,11H,10H2,1-3H3,(H,21,26). The number of hydrogen-bond donors (Lipinski definition) is 1. The summed E-state index contributed by atoms with van der Waals surface area (Å²) in [4.78, 5) is 17.3. The zero-order valence-corrected chi connectivity index (χ0v) is 15.8. The Labute approximate surface area is 161 Å². The lowest BCUT2D eigenvalue weighted by molar-refractivity contribution is 0.0948. The molecule has 4 rings (SSSR count). The molecule has 8 nitrogen and oxygen atoms in total. The third kappa shape index (κ3) is 3.36. The van der Waals surface area contributed by atoms with Crippen molar-refractivity contribution < 1.29 is 13.7 Å². The molecule has 0 saturated heterocycles. The SMILES string of the molecule is Cc1noc2nc(C(C)C)cc(C(=O)NCc3nnc(-c4ccccc4)o3)c12. The van der Waals surface area contributed by atoms with Gasteiger partial charge in [0.2, 0.25) is 11.8 Å². The third-order valence-electron chi connectivity index (χ3n) is 4.36. The van der Waals surface area contributed by atoms with Gasteiger partial charge < -0.3 is 14.3 Å². The largest absolute Gasteiger partial charge is 0.419 e. The topological polar surface area (TPSA) is 107 Å². The van der Waals surface area contributed by atoms with Gasteiger partial charge in [0.1, 0.15) is 0 Å². The van der Waals surface area contributed by atoms with Gasteiger partial charge in [0, 0.05) is 11.3 Å². The molecule has 0 radical (unpaired) electrons. The summed E-state index contributed by atoms with van der Waals surface area (Å²) < 4.78 is 10.9. The van der Waals surface area contributed by atoms with Gasteiger partial charge in [0.05, 0.1) is 23.2 Å². The van der Waals surface area contributed by atoms with Crippen LogP contribution >= 0.6 is 0 Å². The number of carbonyl (C=O) groups is 1. The molecule has 4 aromatic rings. The van der Waals surface area contributed by atoms with Crippen LogP contribution in [0.25, 0.3) is 22.6 Å². The normalized spacial score (nSPS) is 11.3. The fraction of sp³-hybridized carbons (Fsp3) is 0.250. The van der Waals surface area contributed by atoms with Crippen LogP contribution in [0.1, 0.15) is 47.4 Å². The summed E-state index contributed by atoms with van der Waals surface area (Å²) in [7, 11) is 0. The summed E-state index contributed by atoms with van der Waals surface area (Å²) in [6.07, 6.45) is 0. The van der Waals surface area contributed by atoms with Crippen molar-refractivity contribution in [1.29, 1.82) is 0 Å². The van der Waals surface area contributed by atoms with E-state index in [1.54, 1.807) is 13.0 Å². The quantitative estimate of drug-likeness (QED) is 0.566. The Kier molecular flexibility index (Phi) is 4.60. The molecule has 8 heteroatoms. The molecule has 0 bridgehead atoms. The van der Waals surface area contributed by atoms with Crippen LogP contribution < -0.4 is 5.32 Å². The summed E-state index contributed by atoms with van der Waals surface area (Å²) in [5.41, 5.74) is 3.03. The molecule has 0 spiro atoms. The van der Waals surface area contributed by atoms with E-state index in [1.165, 1.54) is 0 Å². The van der Waals surface area contributed by atoms with Gasteiger partial charge in [0.15, 0.2) is 0 Å². The highest BCUT2D eigenvalue weighted by molar-refractivity contribution is 6.06. The minimum absolute atomic E-state index is 0.115. The lowest BCUT2D eigenvalue weighted by Gasteiger charge is -2.08. The summed E-state index contributed by atoms with van der Waals surface area (Å²) in [6, 6.07) is 11.2. The first-order valence-corrected chi connectivity index (χ1v) is 8.96. The second-order valence-electron chi connectivity index (χ2n) is 6.75. The Morgan fingerprint density at radius 1 is 1.18 bits per heavy atom. The predicted octanol–water partition coefficient (Wildman–Crippen LogP) is 3.63. The predicted molar refractivity (Wildman–Crippen MR) is 102 cm³/mol. The minimum atomic E-state index is -0.278. The van der Waals surface area contributed by atoms with E-state index in [4.69, 9.17) is 8.94 Å². The smallest absolute Gasteiger partial charge is 0.259 e. The molecule has 1 amide bonds. The van der Waals surface area contributed by atoms with Crippen molar-refractivity contribution >= 4 is 17.0 Å². The molecule has 0 aliphatic rings. The van der Waals surface area contributed by atoms with Gasteiger partial charge in [-0.2, -0.15) is 0 Å². The molecular formula is C20H19N5O3. The van der Waals surface area contributed by atoms with E-state index in [0.717, 1.165) is 11.3 Å². The van der Waals surface area contributed by atoms with E-state index in [2.05, 4.69) is 25.7 Å². The number of pyridine rings is 1. The highest BCUT2D eigenvalue weighted by Gasteiger charge is 2.20. The molecule has 142 valence electrons. The third-order valence-corrected chi connectivity index (χ3v) is 4.36. The van der Waals surface area contributed by atoms with Crippen molar-refractivity contribution in [3.05, 3.63) is 59.2 Å². The average Bonchev–Trinajstić information content (AvgIpc) is 3.33. The second kappa shape index (κ2) is 7.22. The Morgan fingerprint density at radius 3 is 2.71 bits per heavy atom. The first-order chi connectivity index (χ1) is 13.5. The number of nitrogens with one attached hydrogen (secondary N) is 1. The van der Waals surface area contributed by atoms with Crippen molar-refractivity contribution in [2.45, 2.75) is 33.2 Å². The summed E-state index contributed by atoms with van der Waals surface area (Å²) in [6.45, 7) is 5.90. The van der Waals surface area contributed by atoms with E-state index in [1.807, 2.05) is 44.2 Å². The Bertz CT molecular complexity index is 1130. The molecule has 1 aromatic carbocycles. The van der Waals surface area contributed by atoms with Crippen LogP contribution in [-0.2, 0) is 6.54 Å². The molecule has 0 aliphatic carbocycles. The number of fused-ring (bicyclic) bond motifs is 1. The average molecular weight is 377 g/mol. The van der Waals surface area contributed by atoms with Crippen molar-refractivity contribution in [2.75, 3.05) is 0 Å². The molecule has 0 saturated carbocycles. The molecule has 1 N–H and O–H groups in total. The second-order valence-corrected chi connectivity index (χ2v) is 6.75. The van der Waals surface area contributed by atoms with Crippen LogP contribution in [0, 0.1) is 6.92 Å². The number of rotatable bonds is 5. The van der Waals surface area contributed by atoms with Crippen LogP contribution in [0.2, 0.25) is 0 Å². The summed E-state index contributed by atoms with van der Waals surface area (Å²) >= 11 is 0. The zero-order valence-electron chi connectivity index (χ0n) is 15.8. The molecule has 0 fully saturated rings. The van der Waals surface area contributed by atoms with E-state index in [0.29, 0.717) is 34.1 Å². The number of carbonyl (C=O) groups excluding carboxylic acids is 1. The zero-order chi connectivity index (χ0) is 19.7. The number of amides is 1. The van der Waals surface area contributed by atoms with Crippen molar-refractivity contribution in [2.24, 2.45) is 0 Å². The van der Waals surface area contributed by atoms with Crippen LogP contribution in [0.15, 0.2) is 45.3 Å². The maximum atomic E-state index is 12.8. The van der Waals surface area contributed by atoms with Crippen molar-refractivity contribution in [3.8, 4) is 11.5 Å². The lowest BCUT2D eigenvalue weighted by atomic mass is 10.0. The fourth-order valence-corrected chi connectivity index (χ4v) is 2.86. The number of nitrogens with zero attached hydrogens (tertiary/aromatic N) is 4. The fourth-order valence-electron chi connectivity index (χ4n) is 2.86. The first kappa shape index (κ1) is 17.8. The Hall–Kier alpha value is -3.55. The molecule has 3 aromatic heterocycles. The van der Waals surface area contributed by atoms with E-state index >= 15 is 0 Å². The van der Waals surface area contributed by atoms with Gasteiger partial charge in [0.25, 0.3) is 11.6 Å². The van der Waals surface area contributed by atoms with Crippen molar-refractivity contribution in [3.63, 3.8) is 0 Å². The van der Waals surface area contributed by atoms with E-state index < -0.39 is 0 Å². The van der Waals surface area contributed by atoms with Crippen LogP contribution in [0.5, 0.6) is 0 Å². The highest BCUT2D eigenvalue weighted by Crippen LogP contribution is 2.25. The van der Waals surface area contributed by atoms with Gasteiger partial charge in [-0.15, -0.1) is 10.2 Å². The maximum absolute atomic E-state index is 12.8. The minimum Gasteiger partial charge on any atom is -0.419 e. The number of benzene rings is 1. The van der Waals surface area contributed by atoms with E-state index in [9.17, 15) is 4.79 Å². The van der Waals surface area contributed by atoms with Crippen LogP contribution in [0.4, 0.5) is 0 Å². The van der Waals surface area contributed by atoms with Crippen molar-refractivity contribution in [1.82, 2.24) is 25.7 Å². The van der Waals surface area contributed by atoms with Gasteiger partial charge in [-0.25, -0.2) is 4.98 Å². The lowest BCUT2D eigenvalue weighted by Crippen LogP contribution is -2.23. The van der Waals surface area contributed by atoms with E-state index in [-0.39, 0.29) is 18.4 Å². The molecule has 3 heterocycles. The molecule has 0 atom stereocenters. The monoisotopic (exact) mass is 377 g/mol. The van der Waals surface area contributed by atoms with Gasteiger partial charge in [-0.05, 0) is 31.0 Å². The highest BCUT2D eigenvalue weighted by atomic mass is 16.5. The van der Waals surface area contributed by atoms with Gasteiger partial charge in [-0.1, -0.05) is 37.2 Å². The van der Waals surface area contributed by atoms with Crippen LogP contribution in [-0.4, -0.2) is 26.2 Å². The molecule has 28 heavy (non-hydrogen) atoms. The summed E-state index contributed by atoms with van der Waals surface area (Å²) in [5.74, 6) is 0.600. The first-order valence-electron chi connectivity index (χ1n) is 8.96. The maximum Gasteiger partial charge on any atom is 0.259 e. The number of hydrogen-bond acceptors (Lipinski definition) is 7. The van der Waals surface area contributed by atoms with Gasteiger partial charge >= 0.3 is 0 Å². The number of aryl methyl sites for hydroxylation is 1. The summed E-state index contributed by atoms with van der Waals surface area (Å²) in [5, 5.41) is 15.4. The molecular weight excluding hydrogens is 358 g/mol. The Morgan fingerprint density at radius 2 is 1.96 bits per heavy atom. The molecule has 0 aliphatic heterocycles. The Balaban J connectivity index is 1.56. The number of aromatic nitrogens is 4.